The largest absolute Gasteiger partial charge is 0.457 e. The molecule has 1 atom stereocenters. The number of amides is 5. The average molecular weight is 694 g/mol. The zero-order chi connectivity index (χ0) is 35.6. The normalized spacial score (nSPS) is 15.9. The number of hydrogen-bond donors (Lipinski definition) is 3. The Morgan fingerprint density at radius 1 is 1.12 bits per heavy atom. The molecule has 2 aliphatic heterocycles. The van der Waals surface area contributed by atoms with Crippen LogP contribution in [0.1, 0.15) is 41.9 Å². The summed E-state index contributed by atoms with van der Waals surface area (Å²) < 4.78 is 11.2. The van der Waals surface area contributed by atoms with Gasteiger partial charge in [-0.2, -0.15) is 5.26 Å². The van der Waals surface area contributed by atoms with E-state index in [1.54, 1.807) is 37.1 Å². The molecule has 0 spiro atoms. The fraction of sp³-hybridized carbons (Fsp3) is 0.278. The second kappa shape index (κ2) is 13.9. The van der Waals surface area contributed by atoms with Crippen LogP contribution >= 0.6 is 11.3 Å². The number of nitrogens with zero attached hydrogens (tertiary/aromatic N) is 4. The summed E-state index contributed by atoms with van der Waals surface area (Å²) in [6.45, 7) is 5.61. The van der Waals surface area contributed by atoms with Gasteiger partial charge in [-0.1, -0.05) is 18.2 Å². The minimum atomic E-state index is -1.21. The zero-order valence-corrected chi connectivity index (χ0v) is 28.7. The van der Waals surface area contributed by atoms with Gasteiger partial charge < -0.3 is 30.3 Å². The van der Waals surface area contributed by atoms with Crippen LogP contribution in [0.4, 0.5) is 26.7 Å². The van der Waals surface area contributed by atoms with E-state index >= 15 is 0 Å². The van der Waals surface area contributed by atoms with E-state index in [4.69, 9.17) is 9.47 Å². The van der Waals surface area contributed by atoms with Gasteiger partial charge in [0, 0.05) is 32.4 Å². The summed E-state index contributed by atoms with van der Waals surface area (Å²) in [6, 6.07) is 17.7. The van der Waals surface area contributed by atoms with Crippen LogP contribution < -0.4 is 25.6 Å². The average Bonchev–Trinajstić information content (AvgIpc) is 3.47. The Balaban J connectivity index is 1.20. The summed E-state index contributed by atoms with van der Waals surface area (Å²) in [5.41, 5.74) is 1.06. The molecule has 4 heterocycles. The third-order valence-electron chi connectivity index (χ3n) is 8.29. The van der Waals surface area contributed by atoms with Gasteiger partial charge in [0.2, 0.25) is 0 Å². The minimum absolute atomic E-state index is 0.167. The molecule has 2 aliphatic rings. The van der Waals surface area contributed by atoms with Crippen LogP contribution in [0.5, 0.6) is 11.5 Å². The van der Waals surface area contributed by atoms with Crippen LogP contribution in [0.2, 0.25) is 0 Å². The highest BCUT2D eigenvalue weighted by Crippen LogP contribution is 2.46. The summed E-state index contributed by atoms with van der Waals surface area (Å²) in [5.74, 6) is 0.404. The van der Waals surface area contributed by atoms with Gasteiger partial charge >= 0.3 is 12.1 Å². The molecule has 5 amide bonds. The molecule has 0 bridgehead atoms. The Bertz CT molecular complexity index is 2070. The highest BCUT2D eigenvalue weighted by molar-refractivity contribution is 7.21. The standard InChI is InChI=1S/C36H35N7O6S/c1-21-17-25(48-24-10-6-5-7-11-24)12-13-26(21)43-27-14-15-39-32-28(27)29(41-34(43)46)30(50-32)31(44)40-23-9-8-16-42(20-23)33(45)22(19-37)18-36(2,3)49-35(47)38-4/h5-7,10-15,17-18,23H,8-9,16,20H2,1-4H3,(H,38,47)(H,40,44)(H,41,46). The molecule has 50 heavy (non-hydrogen) atoms. The Kier molecular flexibility index (Phi) is 9.43. The number of aromatic nitrogens is 1. The van der Waals surface area contributed by atoms with E-state index < -0.39 is 35.6 Å². The summed E-state index contributed by atoms with van der Waals surface area (Å²) in [7, 11) is 1.41. The predicted octanol–water partition coefficient (Wildman–Crippen LogP) is 6.39. The minimum Gasteiger partial charge on any atom is -0.457 e. The van der Waals surface area contributed by atoms with Crippen LogP contribution in [-0.4, -0.2) is 65.6 Å². The summed E-state index contributed by atoms with van der Waals surface area (Å²) in [6.07, 6.45) is 3.44. The van der Waals surface area contributed by atoms with Crippen LogP contribution in [0, 0.1) is 18.3 Å². The number of alkyl carbamates (subject to hydrolysis) is 1. The molecule has 2 aromatic heterocycles. The van der Waals surface area contributed by atoms with Gasteiger partial charge in [-0.25, -0.2) is 14.6 Å². The number of nitrogens with one attached hydrogen (secondary N) is 3. The molecule has 1 fully saturated rings. The van der Waals surface area contributed by atoms with Crippen LogP contribution in [0.25, 0.3) is 10.2 Å². The van der Waals surface area contributed by atoms with E-state index in [1.807, 2.05) is 55.5 Å². The number of carbonyl (C=O) groups is 4. The number of piperidine rings is 1. The van der Waals surface area contributed by atoms with Gasteiger partial charge in [-0.3, -0.25) is 14.5 Å². The van der Waals surface area contributed by atoms with E-state index in [1.165, 1.54) is 29.4 Å². The number of anilines is 3. The Hall–Kier alpha value is -5.94. The first-order valence-corrected chi connectivity index (χ1v) is 16.8. The summed E-state index contributed by atoms with van der Waals surface area (Å²) >= 11 is 1.17. The van der Waals surface area contributed by atoms with Crippen molar-refractivity contribution in [2.45, 2.75) is 45.3 Å². The number of carbonyl (C=O) groups excluding carboxylic acids is 4. The number of pyridine rings is 1. The van der Waals surface area contributed by atoms with Crippen molar-refractivity contribution in [3.8, 4) is 17.6 Å². The lowest BCUT2D eigenvalue weighted by atomic mass is 10.0. The Labute approximate surface area is 292 Å². The maximum Gasteiger partial charge on any atom is 0.407 e. The van der Waals surface area contributed by atoms with Crippen molar-refractivity contribution in [3.63, 3.8) is 0 Å². The molecule has 0 aliphatic carbocycles. The summed E-state index contributed by atoms with van der Waals surface area (Å²) in [5, 5.41) is 18.7. The van der Waals surface area contributed by atoms with E-state index in [2.05, 4.69) is 20.9 Å². The van der Waals surface area contributed by atoms with Gasteiger partial charge in [-0.05, 0) is 81.7 Å². The predicted molar refractivity (Wildman–Crippen MR) is 189 cm³/mol. The van der Waals surface area contributed by atoms with Crippen molar-refractivity contribution < 1.29 is 28.7 Å². The van der Waals surface area contributed by atoms with Crippen molar-refractivity contribution >= 4 is 62.6 Å². The Morgan fingerprint density at radius 2 is 1.90 bits per heavy atom. The number of aryl methyl sites for hydroxylation is 1. The van der Waals surface area contributed by atoms with Gasteiger partial charge in [-0.15, -0.1) is 11.3 Å². The zero-order valence-electron chi connectivity index (χ0n) is 27.9. The topological polar surface area (TPSA) is 166 Å². The molecule has 13 nitrogen and oxygen atoms in total. The molecule has 2 aromatic carbocycles. The lowest BCUT2D eigenvalue weighted by molar-refractivity contribution is -0.128. The third kappa shape index (κ3) is 6.94. The number of hydrogen-bond acceptors (Lipinski definition) is 9. The molecular formula is C36H35N7O6S. The van der Waals surface area contributed by atoms with Crippen molar-refractivity contribution in [2.24, 2.45) is 0 Å². The number of ether oxygens (including phenoxy) is 2. The Morgan fingerprint density at radius 3 is 2.62 bits per heavy atom. The third-order valence-corrected chi connectivity index (χ3v) is 9.38. The highest BCUT2D eigenvalue weighted by atomic mass is 32.1. The molecule has 6 rings (SSSR count). The maximum absolute atomic E-state index is 13.8. The van der Waals surface area contributed by atoms with Crippen molar-refractivity contribution in [3.05, 3.63) is 82.9 Å². The molecule has 0 radical (unpaired) electrons. The highest BCUT2D eigenvalue weighted by Gasteiger charge is 2.35. The first-order valence-electron chi connectivity index (χ1n) is 16.0. The molecule has 14 heteroatoms. The maximum atomic E-state index is 13.8. The fourth-order valence-corrected chi connectivity index (χ4v) is 7.08. The SMILES string of the molecule is CNC(=O)OC(C)(C)C=C(C#N)C(=O)N1CCCC(NC(=O)c2sc3nccc4c3c2NC(=O)N4c2ccc(Oc3ccccc3)cc2C)C1. The van der Waals surface area contributed by atoms with Gasteiger partial charge in [0.25, 0.3) is 11.8 Å². The van der Waals surface area contributed by atoms with E-state index in [0.717, 1.165) is 5.56 Å². The van der Waals surface area contributed by atoms with Gasteiger partial charge in [0.1, 0.15) is 38.4 Å². The van der Waals surface area contributed by atoms with E-state index in [9.17, 15) is 24.4 Å². The first-order chi connectivity index (χ1) is 24.0. The second-order valence-electron chi connectivity index (χ2n) is 12.4. The van der Waals surface area contributed by atoms with E-state index in [-0.39, 0.29) is 12.1 Å². The number of likely N-dealkylation sites (tertiary alicyclic amines) is 1. The summed E-state index contributed by atoms with van der Waals surface area (Å²) in [4.78, 5) is 61.0. The van der Waals surface area contributed by atoms with E-state index in [0.29, 0.717) is 63.0 Å². The second-order valence-corrected chi connectivity index (χ2v) is 13.4. The molecule has 1 saturated heterocycles. The number of rotatable bonds is 8. The van der Waals surface area contributed by atoms with Crippen LogP contribution in [0.15, 0.2) is 72.4 Å². The number of thiophene rings is 1. The fourth-order valence-electron chi connectivity index (χ4n) is 6.06. The lowest BCUT2D eigenvalue weighted by Gasteiger charge is -2.33. The van der Waals surface area contributed by atoms with Gasteiger partial charge in [0.05, 0.1) is 22.4 Å². The number of benzene rings is 2. The van der Waals surface area contributed by atoms with Crippen LogP contribution in [0.3, 0.4) is 0 Å². The number of para-hydroxylation sites is 1. The molecular weight excluding hydrogens is 659 g/mol. The van der Waals surface area contributed by atoms with Crippen LogP contribution in [-0.2, 0) is 9.53 Å². The molecule has 256 valence electrons. The number of urea groups is 1. The number of nitriles is 1. The molecule has 3 N–H and O–H groups in total. The van der Waals surface area contributed by atoms with Crippen molar-refractivity contribution in [1.82, 2.24) is 20.5 Å². The molecule has 1 unspecified atom stereocenters. The van der Waals surface area contributed by atoms with Crippen molar-refractivity contribution in [1.29, 1.82) is 5.26 Å². The quantitative estimate of drug-likeness (QED) is 0.141. The van der Waals surface area contributed by atoms with Crippen molar-refractivity contribution in [2.75, 3.05) is 30.4 Å². The molecule has 4 aromatic rings. The lowest BCUT2D eigenvalue weighted by Crippen LogP contribution is -2.50. The molecule has 0 saturated carbocycles. The van der Waals surface area contributed by atoms with Gasteiger partial charge in [0.15, 0.2) is 0 Å². The first kappa shape index (κ1) is 33.9. The monoisotopic (exact) mass is 693 g/mol. The smallest absolute Gasteiger partial charge is 0.407 e.